The highest BCUT2D eigenvalue weighted by molar-refractivity contribution is 6.33. The summed E-state index contributed by atoms with van der Waals surface area (Å²) < 4.78 is 6.00. The molecular weight excluding hydrogens is 226 g/mol. The van der Waals surface area contributed by atoms with Crippen LogP contribution >= 0.6 is 0 Å². The first kappa shape index (κ1) is 12.2. The monoisotopic (exact) mass is 245 g/mol. The normalized spacial score (nSPS) is 12.3. The molecule has 0 aliphatic heterocycles. The molecule has 0 aliphatic rings. The molecule has 0 unspecified atom stereocenters. The zero-order valence-electron chi connectivity index (χ0n) is 10.9. The minimum absolute atomic E-state index is 0.217. The second kappa shape index (κ2) is 4.57. The summed E-state index contributed by atoms with van der Waals surface area (Å²) >= 11 is 0. The summed E-state index contributed by atoms with van der Waals surface area (Å²) in [5, 5.41) is 1.42. The average molecular weight is 245 g/mol. The number of H-pyrrole nitrogens is 1. The Balaban J connectivity index is 2.17. The predicted molar refractivity (Wildman–Crippen MR) is 73.6 cm³/mol. The molecule has 0 atom stereocenters. The van der Waals surface area contributed by atoms with Gasteiger partial charge in [0.15, 0.2) is 0 Å². The largest absolute Gasteiger partial charge is 0.539 e. The Labute approximate surface area is 105 Å². The number of rotatable bonds is 4. The van der Waals surface area contributed by atoms with Crippen molar-refractivity contribution in [3.63, 3.8) is 0 Å². The SMILES string of the molecule is CC(C)C(C)(C)[Si]Oc1cccc2cc[nH]c12. The van der Waals surface area contributed by atoms with Crippen LogP contribution in [-0.2, 0) is 0 Å². The molecule has 17 heavy (non-hydrogen) atoms. The fraction of sp³-hybridized carbons (Fsp3) is 0.429. The molecule has 0 saturated carbocycles. The summed E-state index contributed by atoms with van der Waals surface area (Å²) in [6.07, 6.45) is 1.95. The third-order valence-electron chi connectivity index (χ3n) is 3.42. The van der Waals surface area contributed by atoms with Crippen LogP contribution in [-0.4, -0.2) is 14.7 Å². The van der Waals surface area contributed by atoms with E-state index in [-0.39, 0.29) is 5.04 Å². The van der Waals surface area contributed by atoms with Crippen molar-refractivity contribution in [2.75, 3.05) is 0 Å². The summed E-state index contributed by atoms with van der Waals surface area (Å²) in [6.45, 7) is 8.99. The minimum Gasteiger partial charge on any atom is -0.539 e. The van der Waals surface area contributed by atoms with Gasteiger partial charge >= 0.3 is 9.76 Å². The first-order chi connectivity index (χ1) is 8.00. The quantitative estimate of drug-likeness (QED) is 0.809. The van der Waals surface area contributed by atoms with E-state index in [1.54, 1.807) is 0 Å². The topological polar surface area (TPSA) is 25.0 Å². The van der Waals surface area contributed by atoms with Gasteiger partial charge in [-0.1, -0.05) is 39.8 Å². The van der Waals surface area contributed by atoms with Gasteiger partial charge in [-0.05, 0) is 23.1 Å². The highest BCUT2D eigenvalue weighted by Crippen LogP contribution is 2.34. The van der Waals surface area contributed by atoms with Crippen LogP contribution in [0, 0.1) is 5.92 Å². The molecule has 2 nitrogen and oxygen atoms in total. The molecule has 0 aliphatic carbocycles. The first-order valence-electron chi connectivity index (χ1n) is 6.01. The Morgan fingerprint density at radius 1 is 1.24 bits per heavy atom. The van der Waals surface area contributed by atoms with Crippen LogP contribution in [0.4, 0.5) is 0 Å². The molecular formula is C14H19NOSi. The molecule has 2 radical (unpaired) electrons. The van der Waals surface area contributed by atoms with Crippen molar-refractivity contribution in [3.05, 3.63) is 30.5 Å². The average Bonchev–Trinajstić information content (AvgIpc) is 2.74. The van der Waals surface area contributed by atoms with Crippen LogP contribution in [0.1, 0.15) is 27.7 Å². The number of aromatic amines is 1. The highest BCUT2D eigenvalue weighted by Gasteiger charge is 2.26. The molecule has 3 heteroatoms. The zero-order valence-corrected chi connectivity index (χ0v) is 11.9. The van der Waals surface area contributed by atoms with Crippen LogP contribution in [0.3, 0.4) is 0 Å². The van der Waals surface area contributed by atoms with Crippen molar-refractivity contribution >= 4 is 20.7 Å². The standard InChI is InChI=1S/C14H19NOSi/c1-10(2)14(3,4)17-16-12-7-5-6-11-8-9-15-13(11)12/h5-10,15H,1-4H3. The fourth-order valence-electron chi connectivity index (χ4n) is 1.45. The van der Waals surface area contributed by atoms with Gasteiger partial charge in [0.05, 0.1) is 5.52 Å². The second-order valence-electron chi connectivity index (χ2n) is 5.28. The van der Waals surface area contributed by atoms with Gasteiger partial charge in [-0.15, -0.1) is 0 Å². The lowest BCUT2D eigenvalue weighted by atomic mass is 9.99. The Morgan fingerprint density at radius 2 is 2.00 bits per heavy atom. The Bertz CT molecular complexity index is 502. The molecule has 0 amide bonds. The van der Waals surface area contributed by atoms with Crippen molar-refractivity contribution in [2.45, 2.75) is 32.7 Å². The van der Waals surface area contributed by atoms with Gasteiger partial charge in [-0.2, -0.15) is 0 Å². The fourth-order valence-corrected chi connectivity index (χ4v) is 2.22. The summed E-state index contributed by atoms with van der Waals surface area (Å²) in [5.74, 6) is 1.57. The van der Waals surface area contributed by atoms with E-state index in [1.165, 1.54) is 5.39 Å². The van der Waals surface area contributed by atoms with Crippen molar-refractivity contribution in [3.8, 4) is 5.75 Å². The van der Waals surface area contributed by atoms with E-state index in [1.807, 2.05) is 18.3 Å². The number of hydrogen-bond acceptors (Lipinski definition) is 1. The van der Waals surface area contributed by atoms with Gasteiger partial charge < -0.3 is 9.41 Å². The van der Waals surface area contributed by atoms with Gasteiger partial charge in [0.25, 0.3) is 0 Å². The maximum Gasteiger partial charge on any atom is 0.317 e. The van der Waals surface area contributed by atoms with Crippen LogP contribution in [0.15, 0.2) is 30.5 Å². The second-order valence-corrected chi connectivity index (χ2v) is 6.98. The van der Waals surface area contributed by atoms with Gasteiger partial charge in [0.2, 0.25) is 0 Å². The molecule has 1 N–H and O–H groups in total. The number of para-hydroxylation sites is 1. The Morgan fingerprint density at radius 3 is 2.71 bits per heavy atom. The summed E-state index contributed by atoms with van der Waals surface area (Å²) in [6, 6.07) is 8.23. The third-order valence-corrected chi connectivity index (χ3v) is 4.84. The van der Waals surface area contributed by atoms with Crippen molar-refractivity contribution in [1.29, 1.82) is 0 Å². The molecule has 1 aromatic heterocycles. The van der Waals surface area contributed by atoms with Crippen LogP contribution in [0.25, 0.3) is 10.9 Å². The maximum atomic E-state index is 6.00. The lowest BCUT2D eigenvalue weighted by Gasteiger charge is -2.26. The van der Waals surface area contributed by atoms with Gasteiger partial charge in [-0.3, -0.25) is 0 Å². The van der Waals surface area contributed by atoms with Gasteiger partial charge in [0.1, 0.15) is 5.75 Å². The number of benzene rings is 1. The first-order valence-corrected chi connectivity index (χ1v) is 6.91. The van der Waals surface area contributed by atoms with Crippen LogP contribution in [0.5, 0.6) is 5.75 Å². The summed E-state index contributed by atoms with van der Waals surface area (Å²) in [7, 11) is 0.472. The Hall–Kier alpha value is -1.22. The molecule has 1 aromatic carbocycles. The molecule has 1 heterocycles. The minimum atomic E-state index is 0.217. The molecule has 90 valence electrons. The maximum absolute atomic E-state index is 6.00. The van der Waals surface area contributed by atoms with Gasteiger partial charge in [-0.25, -0.2) is 0 Å². The van der Waals surface area contributed by atoms with E-state index >= 15 is 0 Å². The van der Waals surface area contributed by atoms with E-state index in [0.717, 1.165) is 11.3 Å². The van der Waals surface area contributed by atoms with Crippen molar-refractivity contribution in [1.82, 2.24) is 4.98 Å². The predicted octanol–water partition coefficient (Wildman–Crippen LogP) is 4.02. The van der Waals surface area contributed by atoms with Crippen LogP contribution < -0.4 is 4.43 Å². The molecule has 2 aromatic rings. The summed E-state index contributed by atoms with van der Waals surface area (Å²) in [5.41, 5.74) is 1.10. The van der Waals surface area contributed by atoms with Crippen molar-refractivity contribution < 1.29 is 4.43 Å². The number of nitrogens with one attached hydrogen (secondary N) is 1. The summed E-state index contributed by atoms with van der Waals surface area (Å²) in [4.78, 5) is 3.23. The lowest BCUT2D eigenvalue weighted by Crippen LogP contribution is -2.24. The van der Waals surface area contributed by atoms with E-state index in [2.05, 4.69) is 44.8 Å². The number of aromatic nitrogens is 1. The third kappa shape index (κ3) is 2.55. The highest BCUT2D eigenvalue weighted by atomic mass is 28.2. The van der Waals surface area contributed by atoms with E-state index in [4.69, 9.17) is 4.43 Å². The molecule has 0 saturated heterocycles. The number of hydrogen-bond donors (Lipinski definition) is 1. The molecule has 0 bridgehead atoms. The molecule has 0 spiro atoms. The Kier molecular flexibility index (Phi) is 3.29. The van der Waals surface area contributed by atoms with Crippen molar-refractivity contribution in [2.24, 2.45) is 5.92 Å². The van der Waals surface area contributed by atoms with E-state index in [0.29, 0.717) is 15.7 Å². The van der Waals surface area contributed by atoms with Crippen LogP contribution in [0.2, 0.25) is 5.04 Å². The molecule has 2 rings (SSSR count). The number of fused-ring (bicyclic) bond motifs is 1. The zero-order chi connectivity index (χ0) is 12.5. The van der Waals surface area contributed by atoms with Gasteiger partial charge in [0, 0.05) is 11.6 Å². The van der Waals surface area contributed by atoms with E-state index in [9.17, 15) is 0 Å². The lowest BCUT2D eigenvalue weighted by molar-refractivity contribution is 0.429. The smallest absolute Gasteiger partial charge is 0.317 e. The van der Waals surface area contributed by atoms with E-state index < -0.39 is 0 Å². The molecule has 0 fully saturated rings.